The lowest BCUT2D eigenvalue weighted by Crippen LogP contribution is -2.57. The van der Waals surface area contributed by atoms with E-state index in [1.54, 1.807) is 6.92 Å². The zero-order valence-electron chi connectivity index (χ0n) is 80.1. The summed E-state index contributed by atoms with van der Waals surface area (Å²) < 4.78 is 208. The molecule has 29 atom stereocenters. The van der Waals surface area contributed by atoms with E-state index >= 15 is 28.4 Å². The van der Waals surface area contributed by atoms with Gasteiger partial charge in [0.2, 0.25) is 11.9 Å². The first-order valence-corrected chi connectivity index (χ1v) is 56.0. The standard InChI is InChI=1S/C77H114N23O40P5S3/c1-10-11-38-39(22-45(130-38)95-25-37(4)65(102)94-77(95)107)136-143(112,146)128-29-43-51(56(122-19-14-117-7)72(135-43)100-34-87-48-64(100)91-74(82)93-67(48)104)138-141(108,109)125-27-41-50(55(121-18-13-116-6)71(133-41)99-33-86-47-63(99)90-73(81)92-66(47)103)137-142(110,111)126-28-42-52(58(124-21-16-119-9)70(134-42)98-32-85-46-61(80)83-31-84-62(46)98)139-145(114,148)129-30-44-53(57(123-20-15-118-8)69(132-44)97-24-36(3)60(79)89-76(97)106)140-144(113,147)127-26-40-49(101)54(120-17-12-115-5)68(131-40)96-23-35(2)59(78)88-75(96)105/h23-25,31-34,38-45,49-59,68-72,101H,10-22,26-30,78H2,1-9H3,(H,88,105)(H,108,109)(H,110,111)(H,112,146)(H,113,147)(H,114,148)(H2,79,89,106)(H2,80,83,84)(H,94,102,107)(H3,81,90,92,103)(H3,82,91,93,104)/p-5/t38-,39?,40-,41-,42-,43-,44-,45-,49?,50?,51?,52?,53?,54+,55+,56+,57+,58+,59?,68-,69-,70-,71-,72-,143?,144?,145?/m1/s1. The maximum atomic E-state index is 15.6. The number of rotatable bonds is 53. The molecule has 15 rings (SSSR count). The topological polar surface area (TPSA) is 827 Å². The van der Waals surface area contributed by atoms with Crippen molar-refractivity contribution >= 4 is 135 Å². The molecule has 0 saturated carbocycles. The van der Waals surface area contributed by atoms with Crippen LogP contribution in [-0.2, 0) is 171 Å². The van der Waals surface area contributed by atoms with E-state index in [1.807, 2.05) is 6.92 Å². The fourth-order valence-electron chi connectivity index (χ4n) is 17.1. The number of aliphatic hydroxyl groups excluding tert-OH is 1. The second-order valence-electron chi connectivity index (χ2n) is 34.1. The lowest BCUT2D eigenvalue weighted by atomic mass is 10.1. The summed E-state index contributed by atoms with van der Waals surface area (Å²) in [4.78, 5) is 182. The Balaban J connectivity index is 0.730. The zero-order valence-corrected chi connectivity index (χ0v) is 87.0. The van der Waals surface area contributed by atoms with Crippen LogP contribution in [0.15, 0.2) is 73.4 Å². The van der Waals surface area contributed by atoms with Crippen LogP contribution in [0.3, 0.4) is 0 Å². The molecule has 8 aromatic rings. The molecule has 2 amide bonds. The van der Waals surface area contributed by atoms with Crippen LogP contribution < -0.4 is 81.6 Å². The van der Waals surface area contributed by atoms with Crippen molar-refractivity contribution in [3.05, 3.63) is 113 Å². The van der Waals surface area contributed by atoms with Gasteiger partial charge in [0.25, 0.3) is 32.3 Å². The molecule has 148 heavy (non-hydrogen) atoms. The van der Waals surface area contributed by atoms with Gasteiger partial charge in [-0.05, 0) is 32.8 Å². The van der Waals surface area contributed by atoms with E-state index in [2.05, 4.69) is 60.1 Å². The van der Waals surface area contributed by atoms with Crippen molar-refractivity contribution in [3.8, 4) is 0 Å². The first-order valence-electron chi connectivity index (χ1n) is 45.4. The molecular weight excluding hydrogens is 2140 g/mol. The summed E-state index contributed by atoms with van der Waals surface area (Å²) in [6, 6.07) is -0.737. The van der Waals surface area contributed by atoms with Crippen LogP contribution in [0.1, 0.15) is 75.4 Å². The van der Waals surface area contributed by atoms with Gasteiger partial charge in [-0.15, -0.1) is 0 Å². The summed E-state index contributed by atoms with van der Waals surface area (Å²) in [7, 11) is -5.73. The number of nitrogens with two attached hydrogens (primary N) is 5. The highest BCUT2D eigenvalue weighted by Gasteiger charge is 2.57. The largest absolute Gasteiger partial charge is 0.780 e. The van der Waals surface area contributed by atoms with Crippen LogP contribution in [0.2, 0.25) is 0 Å². The lowest BCUT2D eigenvalue weighted by Gasteiger charge is -2.36. The number of nitrogens with one attached hydrogen (secondary N) is 4. The number of carbonyl (C=O) groups excluding carboxylic acids is 1. The molecule has 0 spiro atoms. The number of fused-ring (bicyclic) bond motifs is 3. The molecule has 6 saturated heterocycles. The third kappa shape index (κ3) is 26.6. The number of phosphoric ester groups is 2. The fourth-order valence-corrected chi connectivity index (χ4v) is 23.3. The first-order chi connectivity index (χ1) is 70.5. The van der Waals surface area contributed by atoms with Gasteiger partial charge in [0.1, 0.15) is 135 Å². The monoisotopic (exact) mass is 2250 g/mol. The third-order valence-electron chi connectivity index (χ3n) is 24.1. The maximum Gasteiger partial charge on any atom is 0.351 e. The fraction of sp³-hybridized carbons (Fsp3) is 0.662. The van der Waals surface area contributed by atoms with Crippen LogP contribution in [0.5, 0.6) is 0 Å². The van der Waals surface area contributed by atoms with Crippen LogP contribution in [0.25, 0.3) is 33.5 Å². The molecule has 0 aliphatic carbocycles. The van der Waals surface area contributed by atoms with Crippen molar-refractivity contribution in [3.63, 3.8) is 0 Å². The van der Waals surface area contributed by atoms with E-state index in [0.717, 1.165) is 42.2 Å². The van der Waals surface area contributed by atoms with Crippen molar-refractivity contribution in [2.75, 3.05) is 158 Å². The number of H-pyrrole nitrogens is 3. The Kier molecular flexibility index (Phi) is 38.0. The molecule has 15 N–H and O–H groups in total. The normalized spacial score (nSPS) is 30.0. The number of carbonyl (C=O) groups is 1. The minimum absolute atomic E-state index is 0.00769. The van der Waals surface area contributed by atoms with Crippen LogP contribution in [-0.4, -0.2) is 345 Å². The molecule has 15 heterocycles. The molecule has 0 aromatic carbocycles. The number of nitrogen functional groups attached to an aromatic ring is 4. The molecule has 6 fully saturated rings. The van der Waals surface area contributed by atoms with Gasteiger partial charge >= 0.3 is 17.4 Å². The number of hydrogen-bond acceptors (Lipinski definition) is 56. The van der Waals surface area contributed by atoms with Crippen molar-refractivity contribution in [2.45, 2.75) is 194 Å². The number of amides is 2. The first kappa shape index (κ1) is 114. The highest BCUT2D eigenvalue weighted by molar-refractivity contribution is 8.32. The zero-order chi connectivity index (χ0) is 106. The molecular formula is C77H109N23O40P5S3-5. The van der Waals surface area contributed by atoms with Crippen molar-refractivity contribution in [1.82, 2.24) is 87.9 Å². The highest BCUT2D eigenvalue weighted by atomic mass is 32.7. The highest BCUT2D eigenvalue weighted by Crippen LogP contribution is 2.57. The molecule has 0 bridgehead atoms. The number of nitrogens with zero attached hydrogens (tertiary/aromatic N) is 14. The smallest absolute Gasteiger partial charge is 0.351 e. The predicted molar refractivity (Wildman–Crippen MR) is 505 cm³/mol. The Bertz CT molecular complexity index is 6600. The molecule has 71 heteroatoms. The van der Waals surface area contributed by atoms with E-state index in [4.69, 9.17) is 186 Å². The van der Waals surface area contributed by atoms with Gasteiger partial charge in [0.15, 0.2) is 71.7 Å². The van der Waals surface area contributed by atoms with Crippen LogP contribution in [0.4, 0.5) is 28.3 Å². The van der Waals surface area contributed by atoms with E-state index in [9.17, 15) is 38.8 Å². The summed E-state index contributed by atoms with van der Waals surface area (Å²) in [5.74, 6) is -1.21. The minimum atomic E-state index is -6.23. The average Bonchev–Trinajstić information content (AvgIpc) is 1.61. The molecule has 12 unspecified atom stereocenters. The van der Waals surface area contributed by atoms with E-state index in [1.165, 1.54) is 78.9 Å². The number of methoxy groups -OCH3 is 5. The van der Waals surface area contributed by atoms with Crippen LogP contribution in [0, 0.1) is 13.8 Å². The minimum Gasteiger partial charge on any atom is -0.780 e. The second-order valence-corrected chi connectivity index (χ2v) is 44.9. The Morgan fingerprint density at radius 2 is 0.892 bits per heavy atom. The number of anilines is 4. The number of aromatic amines is 3. The molecule has 8 aromatic heterocycles. The lowest BCUT2D eigenvalue weighted by molar-refractivity contribution is -0.241. The maximum absolute atomic E-state index is 15.6. The Morgan fingerprint density at radius 1 is 0.466 bits per heavy atom. The van der Waals surface area contributed by atoms with Crippen molar-refractivity contribution in [1.29, 1.82) is 0 Å². The SMILES string of the molecule is CCC[C@H]1O[C@@H](n2cc(C)c(=O)[nH]c2=O)CC1OP([O-])(=S)OC[C@H]1O[C@@H](n2cnc3c(=O)[nH]c(N)nc32)[C@@H](OCCOC)C1OP(=O)([O-])OC[C@H]1O[C@@H](n2cnc3c(=O)[nH]c(N)nc32)[C@@H](OCCOC)C1OP(=O)([O-])OC[C@H]1O[C@@H](n2cnc3c(N)ncnc32)[C@@H](OCCOC)C1OP(=O)([S-])OC[C@H]1O[C@@H](n2cc(C)c(N)nc2=O)[C@@H](OCCOC)C1OP([O-])(=S)OC[C@H]1O[C@@H](N2C=C(C)C(N)NC2=O)[C@@H](OCCOC)C1O. The number of urea groups is 1. The van der Waals surface area contributed by atoms with Gasteiger partial charge in [-0.3, -0.25) is 70.8 Å². The van der Waals surface area contributed by atoms with Gasteiger partial charge in [-0.25, -0.2) is 39.3 Å². The van der Waals surface area contributed by atoms with Gasteiger partial charge < -0.3 is 192 Å². The van der Waals surface area contributed by atoms with Gasteiger partial charge in [-0.1, -0.05) is 37.0 Å². The Morgan fingerprint density at radius 3 is 1.39 bits per heavy atom. The number of phosphoric acid groups is 2. The number of imidazole rings is 3. The Labute approximate surface area is 852 Å². The summed E-state index contributed by atoms with van der Waals surface area (Å²) in [5.41, 5.74) is 25.9. The third-order valence-corrected chi connectivity index (χ3v) is 30.7. The molecule has 0 radical (unpaired) electrons. The number of aromatic nitrogens is 16. The van der Waals surface area contributed by atoms with Crippen LogP contribution >= 0.6 is 35.9 Å². The quantitative estimate of drug-likeness (QED) is 0.00980. The molecule has 63 nitrogen and oxygen atoms in total. The average molecular weight is 2250 g/mol. The van der Waals surface area contributed by atoms with Gasteiger partial charge in [-0.2, -0.15) is 15.0 Å². The summed E-state index contributed by atoms with van der Waals surface area (Å²) in [5, 5.41) is 14.4. The summed E-state index contributed by atoms with van der Waals surface area (Å²) in [6.07, 6.45) is -30.4. The van der Waals surface area contributed by atoms with Gasteiger partial charge in [0, 0.05) is 71.7 Å². The molecule has 7 aliphatic rings. The number of hydrogen-bond donors (Lipinski definition) is 10. The number of ether oxygens (including phenoxy) is 16. The van der Waals surface area contributed by atoms with Crippen molar-refractivity contribution in [2.24, 2.45) is 5.73 Å². The molecule has 7 aliphatic heterocycles. The van der Waals surface area contributed by atoms with E-state index in [-0.39, 0.29) is 129 Å². The number of aliphatic hydroxyl groups is 1. The predicted octanol–water partition coefficient (Wildman–Crippen LogP) is -4.25. The number of aryl methyl sites for hydroxylation is 2. The Hall–Kier alpha value is -7.92. The van der Waals surface area contributed by atoms with E-state index in [0.29, 0.717) is 12.0 Å². The summed E-state index contributed by atoms with van der Waals surface area (Å²) in [6.45, 7) is -16.7. The van der Waals surface area contributed by atoms with Gasteiger partial charge in [0.05, 0.1) is 130 Å². The molecule has 820 valence electrons. The van der Waals surface area contributed by atoms with Crippen molar-refractivity contribution < 1.29 is 164 Å². The van der Waals surface area contributed by atoms with E-state index < -0.39 is 269 Å². The summed E-state index contributed by atoms with van der Waals surface area (Å²) >= 11 is 16.8. The second kappa shape index (κ2) is 49.2.